The van der Waals surface area contributed by atoms with E-state index in [-0.39, 0.29) is 5.57 Å². The lowest BCUT2D eigenvalue weighted by Crippen LogP contribution is -2.28. The molecule has 0 aliphatic carbocycles. The van der Waals surface area contributed by atoms with E-state index in [1.807, 2.05) is 0 Å². The van der Waals surface area contributed by atoms with Crippen LogP contribution in [0.4, 0.5) is 0 Å². The van der Waals surface area contributed by atoms with Crippen LogP contribution in [-0.2, 0) is 4.79 Å². The molecule has 0 rings (SSSR count). The normalized spacial score (nSPS) is 14.9. The van der Waals surface area contributed by atoms with Crippen molar-refractivity contribution in [2.75, 3.05) is 0 Å². The first-order valence-electron chi connectivity index (χ1n) is 10.2. The van der Waals surface area contributed by atoms with Crippen LogP contribution in [-0.4, -0.2) is 33.5 Å². The molecule has 0 amide bonds. The lowest BCUT2D eigenvalue weighted by molar-refractivity contribution is -0.132. The van der Waals surface area contributed by atoms with Gasteiger partial charge in [-0.25, -0.2) is 4.79 Å². The van der Waals surface area contributed by atoms with Crippen LogP contribution in [0.5, 0.6) is 0 Å². The summed E-state index contributed by atoms with van der Waals surface area (Å²) in [5.41, 5.74) is 0.459. The predicted octanol–water partition coefficient (Wildman–Crippen LogP) is 5.22. The van der Waals surface area contributed by atoms with Gasteiger partial charge < -0.3 is 15.3 Å². The molecule has 0 bridgehead atoms. The Morgan fingerprint density at radius 2 is 1.16 bits per heavy atom. The molecule has 0 aliphatic heterocycles. The van der Waals surface area contributed by atoms with E-state index < -0.39 is 18.2 Å². The van der Waals surface area contributed by atoms with Crippen LogP contribution in [0.2, 0.25) is 0 Å². The third kappa shape index (κ3) is 12.2. The number of aliphatic carboxylic acids is 1. The van der Waals surface area contributed by atoms with Crippen molar-refractivity contribution < 1.29 is 20.1 Å². The van der Waals surface area contributed by atoms with Crippen molar-refractivity contribution in [1.82, 2.24) is 0 Å². The van der Waals surface area contributed by atoms with E-state index in [1.54, 1.807) is 6.92 Å². The Balaban J connectivity index is 3.62. The monoisotopic (exact) mass is 356 g/mol. The minimum absolute atomic E-state index is 0.112. The first-order chi connectivity index (χ1) is 11.9. The van der Waals surface area contributed by atoms with Gasteiger partial charge in [-0.1, -0.05) is 84.0 Å². The Kier molecular flexibility index (Phi) is 14.9. The molecule has 4 nitrogen and oxygen atoms in total. The number of unbranched alkanes of at least 4 members (excludes halogenated alkanes) is 11. The smallest absolute Gasteiger partial charge is 0.331 e. The SMILES string of the molecule is CCCCCCCCCCCCCCC(O)C(O)C(C)=C(C)C(=O)O. The summed E-state index contributed by atoms with van der Waals surface area (Å²) < 4.78 is 0. The number of rotatable bonds is 16. The summed E-state index contributed by atoms with van der Waals surface area (Å²) in [5.74, 6) is -1.05. The van der Waals surface area contributed by atoms with Crippen molar-refractivity contribution in [3.05, 3.63) is 11.1 Å². The molecule has 4 heteroatoms. The van der Waals surface area contributed by atoms with Gasteiger partial charge in [-0.15, -0.1) is 0 Å². The molecule has 0 aromatic heterocycles. The average molecular weight is 357 g/mol. The quantitative estimate of drug-likeness (QED) is 0.262. The minimum atomic E-state index is -1.08. The molecular formula is C21H40O4. The highest BCUT2D eigenvalue weighted by Gasteiger charge is 2.21. The topological polar surface area (TPSA) is 77.8 Å². The van der Waals surface area contributed by atoms with Gasteiger partial charge in [-0.05, 0) is 25.8 Å². The van der Waals surface area contributed by atoms with Crippen molar-refractivity contribution in [3.63, 3.8) is 0 Å². The molecular weight excluding hydrogens is 316 g/mol. The largest absolute Gasteiger partial charge is 0.478 e. The van der Waals surface area contributed by atoms with Gasteiger partial charge in [0.1, 0.15) is 6.10 Å². The van der Waals surface area contributed by atoms with Gasteiger partial charge >= 0.3 is 5.97 Å². The first kappa shape index (κ1) is 24.1. The van der Waals surface area contributed by atoms with Crippen LogP contribution >= 0.6 is 0 Å². The van der Waals surface area contributed by atoms with Gasteiger partial charge in [0, 0.05) is 5.57 Å². The Bertz CT molecular complexity index is 376. The number of carbonyl (C=O) groups is 1. The van der Waals surface area contributed by atoms with Crippen molar-refractivity contribution in [3.8, 4) is 0 Å². The molecule has 0 radical (unpaired) electrons. The zero-order chi connectivity index (χ0) is 19.1. The lowest BCUT2D eigenvalue weighted by atomic mass is 9.97. The molecule has 2 unspecified atom stereocenters. The number of carboxylic acids is 1. The van der Waals surface area contributed by atoms with Gasteiger partial charge in [0.05, 0.1) is 6.10 Å². The third-order valence-electron chi connectivity index (χ3n) is 5.07. The van der Waals surface area contributed by atoms with Gasteiger partial charge in [0.25, 0.3) is 0 Å². The highest BCUT2D eigenvalue weighted by molar-refractivity contribution is 5.86. The fraction of sp³-hybridized carbons (Fsp3) is 0.857. The van der Waals surface area contributed by atoms with E-state index >= 15 is 0 Å². The lowest BCUT2D eigenvalue weighted by Gasteiger charge is -2.19. The number of carboxylic acid groups (broad SMARTS) is 1. The van der Waals surface area contributed by atoms with Crippen LogP contribution < -0.4 is 0 Å². The molecule has 3 N–H and O–H groups in total. The Morgan fingerprint density at radius 1 is 0.760 bits per heavy atom. The summed E-state index contributed by atoms with van der Waals surface area (Å²) in [7, 11) is 0. The summed E-state index contributed by atoms with van der Waals surface area (Å²) in [4.78, 5) is 10.9. The number of aliphatic hydroxyl groups excluding tert-OH is 2. The molecule has 2 atom stereocenters. The predicted molar refractivity (Wildman–Crippen MR) is 104 cm³/mol. The molecule has 0 aromatic rings. The molecule has 0 heterocycles. The maximum absolute atomic E-state index is 10.9. The molecule has 0 saturated carbocycles. The minimum Gasteiger partial charge on any atom is -0.478 e. The summed E-state index contributed by atoms with van der Waals surface area (Å²) in [6.45, 7) is 5.27. The Hall–Kier alpha value is -0.870. The van der Waals surface area contributed by atoms with Crippen molar-refractivity contribution in [2.45, 2.75) is 116 Å². The molecule has 0 aromatic carbocycles. The fourth-order valence-electron chi connectivity index (χ4n) is 3.03. The summed E-state index contributed by atoms with van der Waals surface area (Å²) in [6.07, 6.45) is 13.7. The van der Waals surface area contributed by atoms with Gasteiger partial charge in [-0.3, -0.25) is 0 Å². The zero-order valence-corrected chi connectivity index (χ0v) is 16.6. The van der Waals surface area contributed by atoms with E-state index in [0.29, 0.717) is 12.0 Å². The highest BCUT2D eigenvalue weighted by Crippen LogP contribution is 2.17. The maximum Gasteiger partial charge on any atom is 0.331 e. The fourth-order valence-corrected chi connectivity index (χ4v) is 3.03. The van der Waals surface area contributed by atoms with Crippen molar-refractivity contribution in [2.24, 2.45) is 0 Å². The van der Waals surface area contributed by atoms with Crippen LogP contribution in [0.3, 0.4) is 0 Å². The van der Waals surface area contributed by atoms with E-state index in [0.717, 1.165) is 12.8 Å². The van der Waals surface area contributed by atoms with Crippen LogP contribution in [0.1, 0.15) is 104 Å². The van der Waals surface area contributed by atoms with E-state index in [1.165, 1.54) is 71.1 Å². The van der Waals surface area contributed by atoms with Gasteiger partial charge in [0.2, 0.25) is 0 Å². The molecule has 0 spiro atoms. The highest BCUT2D eigenvalue weighted by atomic mass is 16.4. The van der Waals surface area contributed by atoms with E-state index in [2.05, 4.69) is 6.92 Å². The summed E-state index contributed by atoms with van der Waals surface area (Å²) in [5, 5.41) is 28.9. The van der Waals surface area contributed by atoms with Crippen LogP contribution in [0.25, 0.3) is 0 Å². The second-order valence-electron chi connectivity index (χ2n) is 7.30. The number of hydrogen-bond acceptors (Lipinski definition) is 3. The number of aliphatic hydroxyl groups is 2. The second kappa shape index (κ2) is 15.4. The molecule has 0 fully saturated rings. The molecule has 0 aliphatic rings. The van der Waals surface area contributed by atoms with E-state index in [9.17, 15) is 15.0 Å². The zero-order valence-electron chi connectivity index (χ0n) is 16.6. The molecule has 148 valence electrons. The van der Waals surface area contributed by atoms with E-state index in [4.69, 9.17) is 5.11 Å². The third-order valence-corrected chi connectivity index (χ3v) is 5.07. The van der Waals surface area contributed by atoms with Crippen LogP contribution in [0, 0.1) is 0 Å². The van der Waals surface area contributed by atoms with Crippen LogP contribution in [0.15, 0.2) is 11.1 Å². The maximum atomic E-state index is 10.9. The summed E-state index contributed by atoms with van der Waals surface area (Å²) in [6, 6.07) is 0. The summed E-state index contributed by atoms with van der Waals surface area (Å²) >= 11 is 0. The molecule has 25 heavy (non-hydrogen) atoms. The van der Waals surface area contributed by atoms with Gasteiger partial charge in [0.15, 0.2) is 0 Å². The second-order valence-corrected chi connectivity index (χ2v) is 7.30. The van der Waals surface area contributed by atoms with Gasteiger partial charge in [-0.2, -0.15) is 0 Å². The first-order valence-corrected chi connectivity index (χ1v) is 10.2. The Labute approximate surface area is 154 Å². The molecule has 0 saturated heterocycles. The van der Waals surface area contributed by atoms with Crippen molar-refractivity contribution >= 4 is 5.97 Å². The standard InChI is InChI=1S/C21H40O4/c1-4-5-6-7-8-9-10-11-12-13-14-15-16-19(22)20(23)17(2)18(3)21(24)25/h19-20,22-23H,4-16H2,1-3H3,(H,24,25). The Morgan fingerprint density at radius 3 is 1.56 bits per heavy atom. The number of hydrogen-bond donors (Lipinski definition) is 3. The average Bonchev–Trinajstić information content (AvgIpc) is 2.60. The van der Waals surface area contributed by atoms with Crippen molar-refractivity contribution in [1.29, 1.82) is 0 Å².